The second kappa shape index (κ2) is 4.62. The van der Waals surface area contributed by atoms with Gasteiger partial charge in [-0.3, -0.25) is 9.59 Å². The van der Waals surface area contributed by atoms with Gasteiger partial charge in [0.2, 0.25) is 23.0 Å². The minimum absolute atomic E-state index is 0.0712. The van der Waals surface area contributed by atoms with E-state index in [2.05, 4.69) is 0 Å². The number of hydrogen-bond acceptors (Lipinski definition) is 2. The lowest BCUT2D eigenvalue weighted by atomic mass is 9.87. The van der Waals surface area contributed by atoms with Crippen molar-refractivity contribution in [3.8, 4) is 0 Å². The van der Waals surface area contributed by atoms with Gasteiger partial charge in [0.15, 0.2) is 0 Å². The average Bonchev–Trinajstić information content (AvgIpc) is 2.82. The van der Waals surface area contributed by atoms with E-state index in [0.29, 0.717) is 22.5 Å². The van der Waals surface area contributed by atoms with E-state index in [1.807, 2.05) is 66.6 Å². The van der Waals surface area contributed by atoms with Gasteiger partial charge in [-0.25, -0.2) is 9.13 Å². The van der Waals surface area contributed by atoms with E-state index < -0.39 is 0 Å². The Hall–Kier alpha value is -2.75. The van der Waals surface area contributed by atoms with Crippen molar-refractivity contribution in [1.29, 1.82) is 0 Å². The van der Waals surface area contributed by atoms with Gasteiger partial charge in [0.1, 0.15) is 0 Å². The lowest BCUT2D eigenvalue weighted by molar-refractivity contribution is -0.680. The van der Waals surface area contributed by atoms with Gasteiger partial charge in [-0.1, -0.05) is 31.2 Å². The first kappa shape index (κ1) is 13.9. The van der Waals surface area contributed by atoms with Crippen molar-refractivity contribution >= 4 is 22.3 Å². The van der Waals surface area contributed by atoms with Gasteiger partial charge in [-0.15, -0.1) is 0 Å². The molecule has 0 amide bonds. The number of carbonyl (C=O) groups is 2. The van der Waals surface area contributed by atoms with Crippen molar-refractivity contribution in [2.45, 2.75) is 13.3 Å². The fraction of sp³-hybridized carbons (Fsp3) is 0.211. The van der Waals surface area contributed by atoms with Crippen molar-refractivity contribution in [3.05, 3.63) is 64.7 Å². The molecule has 0 fully saturated rings. The number of ketones is 2. The summed E-state index contributed by atoms with van der Waals surface area (Å²) in [5, 5.41) is 1.95. The first-order chi connectivity index (χ1) is 11.0. The van der Waals surface area contributed by atoms with Gasteiger partial charge >= 0.3 is 0 Å². The van der Waals surface area contributed by atoms with Crippen LogP contribution in [0, 0.1) is 0 Å². The second-order valence-electron chi connectivity index (χ2n) is 5.99. The topological polar surface area (TPSA) is 43.0 Å². The van der Waals surface area contributed by atoms with Gasteiger partial charge in [0.05, 0.1) is 14.1 Å². The molecule has 23 heavy (non-hydrogen) atoms. The van der Waals surface area contributed by atoms with Crippen LogP contribution < -0.4 is 4.57 Å². The van der Waals surface area contributed by atoms with Crippen molar-refractivity contribution in [3.63, 3.8) is 0 Å². The van der Waals surface area contributed by atoms with Crippen LogP contribution in [0.15, 0.2) is 36.4 Å². The van der Waals surface area contributed by atoms with Crippen molar-refractivity contribution < 1.29 is 14.2 Å². The predicted octanol–water partition coefficient (Wildman–Crippen LogP) is 2.34. The summed E-state index contributed by atoms with van der Waals surface area (Å²) in [4.78, 5) is 26.0. The zero-order valence-corrected chi connectivity index (χ0v) is 13.4. The lowest BCUT2D eigenvalue weighted by Gasteiger charge is -2.13. The maximum absolute atomic E-state index is 13.0. The highest BCUT2D eigenvalue weighted by Gasteiger charge is 2.41. The van der Waals surface area contributed by atoms with Crippen LogP contribution in [-0.4, -0.2) is 16.1 Å². The minimum atomic E-state index is -0.0712. The monoisotopic (exact) mass is 305 g/mol. The number of fused-ring (bicyclic) bond motifs is 3. The highest BCUT2D eigenvalue weighted by molar-refractivity contribution is 6.27. The molecule has 114 valence electrons. The summed E-state index contributed by atoms with van der Waals surface area (Å²) >= 11 is 0. The zero-order valence-electron chi connectivity index (χ0n) is 13.4. The average molecular weight is 305 g/mol. The van der Waals surface area contributed by atoms with E-state index >= 15 is 0 Å². The Kier molecular flexibility index (Phi) is 2.79. The maximum Gasteiger partial charge on any atom is 0.256 e. The van der Waals surface area contributed by atoms with Crippen LogP contribution >= 0.6 is 0 Å². The molecule has 0 aliphatic heterocycles. The molecule has 0 radical (unpaired) electrons. The van der Waals surface area contributed by atoms with E-state index in [4.69, 9.17) is 0 Å². The van der Waals surface area contributed by atoms with Crippen LogP contribution in [0.3, 0.4) is 0 Å². The summed E-state index contributed by atoms with van der Waals surface area (Å²) in [5.74, 6) is 0.824. The predicted molar refractivity (Wildman–Crippen MR) is 86.8 cm³/mol. The smallest absolute Gasteiger partial charge is 0.256 e. The molecule has 1 aliphatic rings. The number of imidazole rings is 1. The summed E-state index contributed by atoms with van der Waals surface area (Å²) in [6, 6.07) is 11.5. The first-order valence-corrected chi connectivity index (χ1v) is 7.74. The molecule has 0 saturated heterocycles. The van der Waals surface area contributed by atoms with E-state index in [1.165, 1.54) is 0 Å². The largest absolute Gasteiger partial charge is 0.284 e. The van der Waals surface area contributed by atoms with Crippen LogP contribution in [0.5, 0.6) is 0 Å². The molecule has 4 heteroatoms. The summed E-state index contributed by atoms with van der Waals surface area (Å²) in [7, 11) is 3.71. The highest BCUT2D eigenvalue weighted by atomic mass is 16.1. The molecule has 1 aromatic heterocycles. The summed E-state index contributed by atoms with van der Waals surface area (Å²) in [6.07, 6.45) is 0.763. The molecule has 0 saturated carbocycles. The van der Waals surface area contributed by atoms with Crippen LogP contribution in [0.2, 0.25) is 0 Å². The first-order valence-electron chi connectivity index (χ1n) is 7.74. The Balaban J connectivity index is 2.08. The third-order valence-corrected chi connectivity index (χ3v) is 4.79. The van der Waals surface area contributed by atoms with Gasteiger partial charge < -0.3 is 0 Å². The fourth-order valence-corrected chi connectivity index (χ4v) is 3.67. The molecule has 0 unspecified atom stereocenters. The van der Waals surface area contributed by atoms with Crippen LogP contribution in [-0.2, 0) is 20.5 Å². The number of aromatic nitrogens is 2. The summed E-state index contributed by atoms with van der Waals surface area (Å²) in [6.45, 7) is 2.02. The van der Waals surface area contributed by atoms with E-state index in [0.717, 1.165) is 23.0 Å². The Labute approximate surface area is 134 Å². The van der Waals surface area contributed by atoms with E-state index in [-0.39, 0.29) is 11.6 Å². The molecule has 0 spiro atoms. The molecule has 2 aromatic carbocycles. The molecule has 4 nitrogen and oxygen atoms in total. The Morgan fingerprint density at radius 1 is 1.00 bits per heavy atom. The fourth-order valence-electron chi connectivity index (χ4n) is 3.67. The standard InChI is InChI=1S/C19H17N2O2/c1-4-15-20(2)16-17(21(15)3)19(23)14-10-12-8-6-5-7-11(12)9-13(14)18(16)22/h5-10H,4H2,1-3H3/q+1. The molecule has 0 N–H and O–H groups in total. The molecule has 1 aliphatic carbocycles. The van der Waals surface area contributed by atoms with Crippen LogP contribution in [0.4, 0.5) is 0 Å². The maximum atomic E-state index is 13.0. The third-order valence-electron chi connectivity index (χ3n) is 4.79. The molecule has 1 heterocycles. The number of rotatable bonds is 1. The number of carbonyl (C=O) groups excluding carboxylic acids is 2. The molecule has 0 atom stereocenters. The summed E-state index contributed by atoms with van der Waals surface area (Å²) in [5.41, 5.74) is 2.00. The lowest BCUT2D eigenvalue weighted by Crippen LogP contribution is -2.40. The van der Waals surface area contributed by atoms with Gasteiger partial charge in [-0.2, -0.15) is 0 Å². The van der Waals surface area contributed by atoms with Crippen LogP contribution in [0.25, 0.3) is 10.8 Å². The number of hydrogen-bond donors (Lipinski definition) is 0. The van der Waals surface area contributed by atoms with E-state index in [9.17, 15) is 9.59 Å². The SMILES string of the molecule is CCc1n(C)c2c([n+]1C)C(=O)c1cc3ccccc3cc1C2=O. The number of benzene rings is 2. The molecular weight excluding hydrogens is 288 g/mol. The highest BCUT2D eigenvalue weighted by Crippen LogP contribution is 2.30. The second-order valence-corrected chi connectivity index (χ2v) is 5.99. The van der Waals surface area contributed by atoms with Crippen molar-refractivity contribution in [2.24, 2.45) is 14.1 Å². The van der Waals surface area contributed by atoms with E-state index in [1.54, 1.807) is 0 Å². The third kappa shape index (κ3) is 1.69. The molecular formula is C19H17N2O2+. The molecule has 0 bridgehead atoms. The van der Waals surface area contributed by atoms with Gasteiger partial charge in [-0.05, 0) is 22.9 Å². The Bertz CT molecular complexity index is 934. The van der Waals surface area contributed by atoms with Crippen molar-refractivity contribution in [2.75, 3.05) is 0 Å². The van der Waals surface area contributed by atoms with Crippen molar-refractivity contribution in [1.82, 2.24) is 4.57 Å². The minimum Gasteiger partial charge on any atom is -0.284 e. The quantitative estimate of drug-likeness (QED) is 0.507. The van der Waals surface area contributed by atoms with Gasteiger partial charge in [0, 0.05) is 17.5 Å². The Morgan fingerprint density at radius 2 is 1.57 bits per heavy atom. The Morgan fingerprint density at radius 3 is 2.13 bits per heavy atom. The normalized spacial score (nSPS) is 13.3. The van der Waals surface area contributed by atoms with Crippen LogP contribution in [0.1, 0.15) is 44.9 Å². The van der Waals surface area contributed by atoms with Gasteiger partial charge in [0.25, 0.3) is 5.82 Å². The number of nitrogens with zero attached hydrogens (tertiary/aromatic N) is 2. The summed E-state index contributed by atoms with van der Waals surface area (Å²) < 4.78 is 3.71. The molecule has 3 aromatic rings. The zero-order chi connectivity index (χ0) is 16.3. The molecule has 4 rings (SSSR count).